The summed E-state index contributed by atoms with van der Waals surface area (Å²) in [5.74, 6) is 1.79. The van der Waals surface area contributed by atoms with Crippen molar-refractivity contribution in [3.05, 3.63) is 71.2 Å². The molecule has 0 aliphatic heterocycles. The van der Waals surface area contributed by atoms with Gasteiger partial charge in [-0.15, -0.1) is 0 Å². The maximum absolute atomic E-state index is 5.98. The number of aryl methyl sites for hydroxylation is 1. The van der Waals surface area contributed by atoms with Gasteiger partial charge in [-0.25, -0.2) is 0 Å². The van der Waals surface area contributed by atoms with Crippen LogP contribution in [0.1, 0.15) is 5.56 Å². The van der Waals surface area contributed by atoms with Crippen LogP contribution in [-0.4, -0.2) is 0 Å². The number of benzene rings is 2. The molecule has 0 aliphatic rings. The molecule has 3 rings (SSSR count). The number of furan rings is 1. The van der Waals surface area contributed by atoms with Gasteiger partial charge in [0, 0.05) is 16.1 Å². The van der Waals surface area contributed by atoms with Crippen molar-refractivity contribution < 1.29 is 4.42 Å². The second-order valence-electron chi connectivity index (χ2n) is 4.50. The van der Waals surface area contributed by atoms with Crippen molar-refractivity contribution in [2.24, 2.45) is 0 Å². The SMILES string of the molecule is Cc1cc(-c2ccccc2)oc1-c1ccc(Cl)cc1. The Morgan fingerprint density at radius 1 is 0.842 bits per heavy atom. The van der Waals surface area contributed by atoms with Crippen molar-refractivity contribution in [2.75, 3.05) is 0 Å². The van der Waals surface area contributed by atoms with E-state index in [2.05, 4.69) is 13.0 Å². The van der Waals surface area contributed by atoms with E-state index in [1.54, 1.807) is 0 Å². The molecule has 0 amide bonds. The first-order chi connectivity index (χ1) is 9.24. The molecule has 3 aromatic rings. The normalized spacial score (nSPS) is 10.6. The molecule has 1 nitrogen and oxygen atoms in total. The molecule has 94 valence electrons. The van der Waals surface area contributed by atoms with Crippen molar-refractivity contribution in [1.82, 2.24) is 0 Å². The van der Waals surface area contributed by atoms with Gasteiger partial charge in [0.2, 0.25) is 0 Å². The van der Waals surface area contributed by atoms with Gasteiger partial charge in [-0.1, -0.05) is 41.9 Å². The van der Waals surface area contributed by atoms with Crippen LogP contribution in [0.5, 0.6) is 0 Å². The summed E-state index contributed by atoms with van der Waals surface area (Å²) in [4.78, 5) is 0. The summed E-state index contributed by atoms with van der Waals surface area (Å²) in [6.45, 7) is 2.06. The van der Waals surface area contributed by atoms with E-state index in [1.165, 1.54) is 0 Å². The van der Waals surface area contributed by atoms with E-state index in [9.17, 15) is 0 Å². The molecule has 0 atom stereocenters. The number of rotatable bonds is 2. The molecule has 0 radical (unpaired) electrons. The summed E-state index contributed by atoms with van der Waals surface area (Å²) >= 11 is 5.91. The molecule has 0 saturated carbocycles. The molecule has 0 unspecified atom stereocenters. The van der Waals surface area contributed by atoms with Gasteiger partial charge in [0.25, 0.3) is 0 Å². The summed E-state index contributed by atoms with van der Waals surface area (Å²) in [6.07, 6.45) is 0. The minimum atomic E-state index is 0.733. The molecule has 0 saturated heterocycles. The van der Waals surface area contributed by atoms with Gasteiger partial charge in [0.15, 0.2) is 0 Å². The minimum Gasteiger partial charge on any atom is -0.456 e. The fraction of sp³-hybridized carbons (Fsp3) is 0.0588. The Kier molecular flexibility index (Phi) is 3.14. The fourth-order valence-corrected chi connectivity index (χ4v) is 2.24. The zero-order chi connectivity index (χ0) is 13.2. The Labute approximate surface area is 117 Å². The Morgan fingerprint density at radius 2 is 1.53 bits per heavy atom. The third-order valence-electron chi connectivity index (χ3n) is 3.08. The quantitative estimate of drug-likeness (QED) is 0.592. The van der Waals surface area contributed by atoms with Gasteiger partial charge in [-0.05, 0) is 42.8 Å². The lowest BCUT2D eigenvalue weighted by atomic mass is 10.1. The number of hydrogen-bond acceptors (Lipinski definition) is 1. The lowest BCUT2D eigenvalue weighted by Gasteiger charge is -1.99. The van der Waals surface area contributed by atoms with E-state index in [0.29, 0.717) is 0 Å². The van der Waals surface area contributed by atoms with E-state index in [0.717, 1.165) is 33.2 Å². The molecule has 19 heavy (non-hydrogen) atoms. The highest BCUT2D eigenvalue weighted by Crippen LogP contribution is 2.32. The Morgan fingerprint density at radius 3 is 2.21 bits per heavy atom. The minimum absolute atomic E-state index is 0.733. The molecular weight excluding hydrogens is 256 g/mol. The predicted molar refractivity (Wildman–Crippen MR) is 79.3 cm³/mol. The second kappa shape index (κ2) is 4.94. The first-order valence-electron chi connectivity index (χ1n) is 6.16. The third kappa shape index (κ3) is 2.42. The van der Waals surface area contributed by atoms with Crippen LogP contribution in [0.15, 0.2) is 65.1 Å². The number of hydrogen-bond donors (Lipinski definition) is 0. The van der Waals surface area contributed by atoms with Crippen LogP contribution in [-0.2, 0) is 0 Å². The van der Waals surface area contributed by atoms with Crippen LogP contribution >= 0.6 is 11.6 Å². The largest absolute Gasteiger partial charge is 0.456 e. The van der Waals surface area contributed by atoms with E-state index in [4.69, 9.17) is 16.0 Å². The van der Waals surface area contributed by atoms with Gasteiger partial charge in [0.1, 0.15) is 11.5 Å². The summed E-state index contributed by atoms with van der Waals surface area (Å²) in [6, 6.07) is 19.9. The van der Waals surface area contributed by atoms with Crippen molar-refractivity contribution in [2.45, 2.75) is 6.92 Å². The zero-order valence-corrected chi connectivity index (χ0v) is 11.3. The van der Waals surface area contributed by atoms with Crippen molar-refractivity contribution in [3.8, 4) is 22.6 Å². The molecule has 2 heteroatoms. The highest BCUT2D eigenvalue weighted by atomic mass is 35.5. The van der Waals surface area contributed by atoms with E-state index < -0.39 is 0 Å². The molecule has 0 N–H and O–H groups in total. The maximum Gasteiger partial charge on any atom is 0.137 e. The van der Waals surface area contributed by atoms with Gasteiger partial charge in [-0.2, -0.15) is 0 Å². The zero-order valence-electron chi connectivity index (χ0n) is 10.6. The lowest BCUT2D eigenvalue weighted by molar-refractivity contribution is 0.596. The smallest absolute Gasteiger partial charge is 0.137 e. The molecule has 1 heterocycles. The van der Waals surface area contributed by atoms with Crippen molar-refractivity contribution >= 4 is 11.6 Å². The summed E-state index contributed by atoms with van der Waals surface area (Å²) in [5.41, 5.74) is 3.26. The summed E-state index contributed by atoms with van der Waals surface area (Å²) < 4.78 is 5.98. The molecule has 1 aromatic heterocycles. The van der Waals surface area contributed by atoms with E-state index in [-0.39, 0.29) is 0 Å². The molecule has 0 fully saturated rings. The highest BCUT2D eigenvalue weighted by Gasteiger charge is 2.10. The van der Waals surface area contributed by atoms with Crippen LogP contribution in [0, 0.1) is 6.92 Å². The Balaban J connectivity index is 2.05. The molecule has 0 spiro atoms. The van der Waals surface area contributed by atoms with Gasteiger partial charge >= 0.3 is 0 Å². The Hall–Kier alpha value is -1.99. The first kappa shape index (κ1) is 12.1. The number of halogens is 1. The molecule has 2 aromatic carbocycles. The van der Waals surface area contributed by atoms with Crippen LogP contribution < -0.4 is 0 Å². The van der Waals surface area contributed by atoms with Gasteiger partial charge in [0.05, 0.1) is 0 Å². The van der Waals surface area contributed by atoms with E-state index in [1.807, 2.05) is 54.6 Å². The molecule has 0 aliphatic carbocycles. The topological polar surface area (TPSA) is 13.1 Å². The summed E-state index contributed by atoms with van der Waals surface area (Å²) in [5, 5.41) is 0.733. The van der Waals surface area contributed by atoms with Crippen LogP contribution in [0.3, 0.4) is 0 Å². The second-order valence-corrected chi connectivity index (χ2v) is 4.93. The highest BCUT2D eigenvalue weighted by molar-refractivity contribution is 6.30. The maximum atomic E-state index is 5.98. The first-order valence-corrected chi connectivity index (χ1v) is 6.53. The molecular formula is C17H13ClO. The van der Waals surface area contributed by atoms with Crippen molar-refractivity contribution in [1.29, 1.82) is 0 Å². The monoisotopic (exact) mass is 268 g/mol. The van der Waals surface area contributed by atoms with Crippen molar-refractivity contribution in [3.63, 3.8) is 0 Å². The summed E-state index contributed by atoms with van der Waals surface area (Å²) in [7, 11) is 0. The van der Waals surface area contributed by atoms with Gasteiger partial charge < -0.3 is 4.42 Å². The van der Waals surface area contributed by atoms with Crippen LogP contribution in [0.4, 0.5) is 0 Å². The fourth-order valence-electron chi connectivity index (χ4n) is 2.11. The predicted octanol–water partition coefficient (Wildman–Crippen LogP) is 5.58. The average molecular weight is 269 g/mol. The van der Waals surface area contributed by atoms with E-state index >= 15 is 0 Å². The standard InChI is InChI=1S/C17H13ClO/c1-12-11-16(13-5-3-2-4-6-13)19-17(12)14-7-9-15(18)10-8-14/h2-11H,1H3. The Bertz CT molecular complexity index is 681. The average Bonchev–Trinajstić information content (AvgIpc) is 2.83. The third-order valence-corrected chi connectivity index (χ3v) is 3.33. The lowest BCUT2D eigenvalue weighted by Crippen LogP contribution is -1.76. The van der Waals surface area contributed by atoms with Gasteiger partial charge in [-0.3, -0.25) is 0 Å². The van der Waals surface area contributed by atoms with Crippen LogP contribution in [0.2, 0.25) is 5.02 Å². The van der Waals surface area contributed by atoms with Crippen LogP contribution in [0.25, 0.3) is 22.6 Å². The molecule has 0 bridgehead atoms.